The van der Waals surface area contributed by atoms with E-state index in [9.17, 15) is 9.59 Å². The van der Waals surface area contributed by atoms with Crippen molar-refractivity contribution in [1.29, 1.82) is 0 Å². The highest BCUT2D eigenvalue weighted by atomic mass is 32.1. The van der Waals surface area contributed by atoms with Gasteiger partial charge < -0.3 is 15.0 Å². The lowest BCUT2D eigenvalue weighted by Gasteiger charge is -2.33. The first-order valence-electron chi connectivity index (χ1n) is 10.7. The number of likely N-dealkylation sites (tertiary alicyclic amines) is 1. The van der Waals surface area contributed by atoms with E-state index in [1.807, 2.05) is 23.6 Å². The lowest BCUT2D eigenvalue weighted by atomic mass is 10.1. The number of amides is 2. The van der Waals surface area contributed by atoms with Gasteiger partial charge in [0, 0.05) is 37.6 Å². The third kappa shape index (κ3) is 5.47. The van der Waals surface area contributed by atoms with Gasteiger partial charge in [0.2, 0.25) is 11.8 Å². The third-order valence-electron chi connectivity index (χ3n) is 5.76. The molecule has 0 saturated carbocycles. The van der Waals surface area contributed by atoms with Crippen molar-refractivity contribution in [2.45, 2.75) is 38.0 Å². The van der Waals surface area contributed by atoms with Crippen LogP contribution in [-0.2, 0) is 27.3 Å². The molecule has 2 atom stereocenters. The van der Waals surface area contributed by atoms with E-state index in [-0.39, 0.29) is 24.0 Å². The van der Waals surface area contributed by atoms with Crippen LogP contribution in [0.3, 0.4) is 0 Å². The molecule has 0 spiro atoms. The van der Waals surface area contributed by atoms with Crippen LogP contribution in [0.2, 0.25) is 0 Å². The quantitative estimate of drug-likeness (QED) is 0.737. The Labute approximate surface area is 181 Å². The van der Waals surface area contributed by atoms with E-state index in [0.29, 0.717) is 26.1 Å². The number of rotatable bonds is 7. The summed E-state index contributed by atoms with van der Waals surface area (Å²) < 4.78 is 5.87. The van der Waals surface area contributed by atoms with Crippen LogP contribution in [0.5, 0.6) is 0 Å². The molecule has 6 nitrogen and oxygen atoms in total. The Hall–Kier alpha value is -2.22. The number of hydrogen-bond donors (Lipinski definition) is 1. The highest BCUT2D eigenvalue weighted by Crippen LogP contribution is 2.20. The molecule has 0 aliphatic carbocycles. The molecule has 2 aromatic rings. The van der Waals surface area contributed by atoms with Crippen molar-refractivity contribution >= 4 is 23.2 Å². The normalized spacial score (nSPS) is 22.2. The summed E-state index contributed by atoms with van der Waals surface area (Å²) in [4.78, 5) is 30.6. The summed E-state index contributed by atoms with van der Waals surface area (Å²) in [6.45, 7) is 4.39. The molecule has 30 heavy (non-hydrogen) atoms. The number of nitrogens with zero attached hydrogens (tertiary/aromatic N) is 2. The SMILES string of the molecule is O=C(NC[C@H]1CN(Cc2ccccc2)CCO1)[C@@H]1CCCN1C(=O)Cc1cccs1. The highest BCUT2D eigenvalue weighted by Gasteiger charge is 2.34. The van der Waals surface area contributed by atoms with E-state index in [2.05, 4.69) is 34.5 Å². The van der Waals surface area contributed by atoms with E-state index in [0.717, 1.165) is 37.4 Å². The molecule has 1 aromatic carbocycles. The van der Waals surface area contributed by atoms with Crippen LogP contribution in [0.4, 0.5) is 0 Å². The fraction of sp³-hybridized carbons (Fsp3) is 0.478. The summed E-state index contributed by atoms with van der Waals surface area (Å²) in [7, 11) is 0. The van der Waals surface area contributed by atoms with Gasteiger partial charge in [0.15, 0.2) is 0 Å². The monoisotopic (exact) mass is 427 g/mol. The van der Waals surface area contributed by atoms with Crippen molar-refractivity contribution in [3.05, 3.63) is 58.3 Å². The van der Waals surface area contributed by atoms with Crippen LogP contribution < -0.4 is 5.32 Å². The van der Waals surface area contributed by atoms with E-state index < -0.39 is 0 Å². The summed E-state index contributed by atoms with van der Waals surface area (Å²) in [6.07, 6.45) is 1.96. The second-order valence-corrected chi connectivity index (χ2v) is 8.99. The average Bonchev–Trinajstić information content (AvgIpc) is 3.45. The number of carbonyl (C=O) groups excluding carboxylic acids is 2. The molecule has 2 saturated heterocycles. The van der Waals surface area contributed by atoms with Gasteiger partial charge in [-0.05, 0) is 29.9 Å². The number of ether oxygens (including phenoxy) is 1. The van der Waals surface area contributed by atoms with E-state index in [4.69, 9.17) is 4.74 Å². The van der Waals surface area contributed by atoms with Gasteiger partial charge in [0.1, 0.15) is 6.04 Å². The molecule has 2 fully saturated rings. The first kappa shape index (κ1) is 21.0. The van der Waals surface area contributed by atoms with Gasteiger partial charge in [-0.25, -0.2) is 0 Å². The minimum absolute atomic E-state index is 0.0249. The van der Waals surface area contributed by atoms with E-state index >= 15 is 0 Å². The molecule has 7 heteroatoms. The van der Waals surface area contributed by atoms with Crippen molar-refractivity contribution in [1.82, 2.24) is 15.1 Å². The summed E-state index contributed by atoms with van der Waals surface area (Å²) in [5, 5.41) is 5.01. The maximum Gasteiger partial charge on any atom is 0.242 e. The van der Waals surface area contributed by atoms with Gasteiger partial charge in [-0.2, -0.15) is 0 Å². The molecule has 160 valence electrons. The third-order valence-corrected chi connectivity index (χ3v) is 6.63. The van der Waals surface area contributed by atoms with Crippen LogP contribution >= 0.6 is 11.3 Å². The standard InChI is InChI=1S/C23H29N3O3S/c27-22(14-20-8-5-13-30-20)26-10-4-9-21(26)23(28)24-15-19-17-25(11-12-29-19)16-18-6-2-1-3-7-18/h1-3,5-8,13,19,21H,4,9-12,14-17H2,(H,24,28)/t19-,21-/m0/s1. The van der Waals surface area contributed by atoms with Crippen LogP contribution in [0.15, 0.2) is 47.8 Å². The van der Waals surface area contributed by atoms with Crippen LogP contribution in [0.25, 0.3) is 0 Å². The van der Waals surface area contributed by atoms with Gasteiger partial charge in [-0.3, -0.25) is 14.5 Å². The summed E-state index contributed by atoms with van der Waals surface area (Å²) in [5.74, 6) is -0.0196. The maximum atomic E-state index is 12.8. The molecule has 3 heterocycles. The minimum Gasteiger partial charge on any atom is -0.374 e. The Morgan fingerprint density at radius 1 is 1.13 bits per heavy atom. The average molecular weight is 428 g/mol. The Morgan fingerprint density at radius 3 is 2.80 bits per heavy atom. The van der Waals surface area contributed by atoms with E-state index in [1.165, 1.54) is 5.56 Å². The molecule has 2 amide bonds. The topological polar surface area (TPSA) is 61.9 Å². The lowest BCUT2D eigenvalue weighted by molar-refractivity contribution is -0.138. The number of nitrogens with one attached hydrogen (secondary N) is 1. The van der Waals surface area contributed by atoms with Gasteiger partial charge in [-0.15, -0.1) is 11.3 Å². The first-order chi connectivity index (χ1) is 14.7. The second kappa shape index (κ2) is 10.2. The van der Waals surface area contributed by atoms with Crippen molar-refractivity contribution in [3.8, 4) is 0 Å². The predicted molar refractivity (Wildman–Crippen MR) is 117 cm³/mol. The van der Waals surface area contributed by atoms with Crippen LogP contribution in [0, 0.1) is 0 Å². The van der Waals surface area contributed by atoms with Crippen molar-refractivity contribution in [2.75, 3.05) is 32.8 Å². The van der Waals surface area contributed by atoms with Crippen LogP contribution in [0.1, 0.15) is 23.3 Å². The molecule has 0 unspecified atom stereocenters. The van der Waals surface area contributed by atoms with Crippen molar-refractivity contribution < 1.29 is 14.3 Å². The Morgan fingerprint density at radius 2 is 2.00 bits per heavy atom. The molecule has 1 aromatic heterocycles. The summed E-state index contributed by atoms with van der Waals surface area (Å²) in [6, 6.07) is 14.0. The lowest BCUT2D eigenvalue weighted by Crippen LogP contribution is -2.51. The number of carbonyl (C=O) groups is 2. The smallest absolute Gasteiger partial charge is 0.242 e. The highest BCUT2D eigenvalue weighted by molar-refractivity contribution is 7.10. The Kier molecular flexibility index (Phi) is 7.15. The molecule has 0 bridgehead atoms. The molecule has 2 aliphatic heterocycles. The molecular formula is C23H29N3O3S. The van der Waals surface area contributed by atoms with Gasteiger partial charge in [0.25, 0.3) is 0 Å². The fourth-order valence-electron chi connectivity index (χ4n) is 4.22. The Bertz CT molecular complexity index is 827. The first-order valence-corrected chi connectivity index (χ1v) is 11.5. The predicted octanol–water partition coefficient (Wildman–Crippen LogP) is 2.30. The van der Waals surface area contributed by atoms with Crippen molar-refractivity contribution in [2.24, 2.45) is 0 Å². The number of hydrogen-bond acceptors (Lipinski definition) is 5. The fourth-order valence-corrected chi connectivity index (χ4v) is 4.92. The zero-order valence-corrected chi connectivity index (χ0v) is 18.0. The molecular weight excluding hydrogens is 398 g/mol. The summed E-state index contributed by atoms with van der Waals surface area (Å²) in [5.41, 5.74) is 1.29. The molecule has 0 radical (unpaired) electrons. The number of morpholine rings is 1. The second-order valence-electron chi connectivity index (χ2n) is 7.96. The largest absolute Gasteiger partial charge is 0.374 e. The molecule has 2 aliphatic rings. The number of thiophene rings is 1. The Balaban J connectivity index is 1.25. The van der Waals surface area contributed by atoms with Crippen molar-refractivity contribution in [3.63, 3.8) is 0 Å². The minimum atomic E-state index is -0.360. The molecule has 1 N–H and O–H groups in total. The van der Waals surface area contributed by atoms with E-state index in [1.54, 1.807) is 16.2 Å². The van der Waals surface area contributed by atoms with Gasteiger partial charge in [-0.1, -0.05) is 36.4 Å². The maximum absolute atomic E-state index is 12.8. The zero-order chi connectivity index (χ0) is 20.8. The van der Waals surface area contributed by atoms with Gasteiger partial charge >= 0.3 is 0 Å². The summed E-state index contributed by atoms with van der Waals surface area (Å²) >= 11 is 1.58. The zero-order valence-electron chi connectivity index (χ0n) is 17.2. The molecule has 4 rings (SSSR count). The number of benzene rings is 1. The van der Waals surface area contributed by atoms with Crippen LogP contribution in [-0.4, -0.2) is 66.5 Å². The van der Waals surface area contributed by atoms with Gasteiger partial charge in [0.05, 0.1) is 19.1 Å².